The molecule has 0 saturated carbocycles. The first-order chi connectivity index (χ1) is 21.1. The Balaban J connectivity index is 1.12. The second-order valence-electron chi connectivity index (χ2n) is 10.7. The topological polar surface area (TPSA) is 102 Å². The molecule has 0 spiro atoms. The van der Waals surface area contributed by atoms with Gasteiger partial charge >= 0.3 is 0 Å². The van der Waals surface area contributed by atoms with E-state index in [0.717, 1.165) is 67.2 Å². The van der Waals surface area contributed by atoms with Crippen LogP contribution in [0.5, 0.6) is 11.5 Å². The van der Waals surface area contributed by atoms with E-state index >= 15 is 0 Å². The van der Waals surface area contributed by atoms with Crippen molar-refractivity contribution >= 4 is 23.2 Å². The summed E-state index contributed by atoms with van der Waals surface area (Å²) in [6.45, 7) is 4.22. The van der Waals surface area contributed by atoms with Crippen LogP contribution in [0.25, 0.3) is 17.2 Å². The van der Waals surface area contributed by atoms with Crippen molar-refractivity contribution in [2.24, 2.45) is 0 Å². The number of ether oxygens (including phenoxy) is 2. The standard InChI is InChI=1S/C32H36ClN7O3/c1-41-27-9-8-23(18-29(27)42-2)19-35-32-36-20-24(31-37-30(38-40(31)32)28-7-4-16-43-28)21-39-14-11-26(12-15-39)34-13-10-22-5-3-6-25(33)17-22/h3-9,16-18,20,26,34H,10-15,19,21H2,1-2H3,(H,35,36). The van der Waals surface area contributed by atoms with Crippen LogP contribution < -0.4 is 20.1 Å². The Hall–Kier alpha value is -4.12. The van der Waals surface area contributed by atoms with Gasteiger partial charge in [0.2, 0.25) is 11.8 Å². The van der Waals surface area contributed by atoms with E-state index in [0.29, 0.717) is 41.6 Å². The van der Waals surface area contributed by atoms with E-state index in [1.54, 1.807) is 25.0 Å². The Morgan fingerprint density at radius 1 is 1.00 bits per heavy atom. The predicted octanol–water partition coefficient (Wildman–Crippen LogP) is 5.46. The maximum atomic E-state index is 6.13. The molecule has 11 heteroatoms. The Bertz CT molecular complexity index is 1650. The van der Waals surface area contributed by atoms with Gasteiger partial charge in [0.1, 0.15) is 0 Å². The van der Waals surface area contributed by atoms with Gasteiger partial charge in [-0.1, -0.05) is 29.8 Å². The number of methoxy groups -OCH3 is 2. The fourth-order valence-electron chi connectivity index (χ4n) is 5.48. The number of likely N-dealkylation sites (tertiary alicyclic amines) is 1. The zero-order chi connectivity index (χ0) is 29.6. The Morgan fingerprint density at radius 3 is 2.63 bits per heavy atom. The smallest absolute Gasteiger partial charge is 0.226 e. The number of hydrogen-bond donors (Lipinski definition) is 2. The average molecular weight is 602 g/mol. The van der Waals surface area contributed by atoms with Crippen molar-refractivity contribution in [3.63, 3.8) is 0 Å². The average Bonchev–Trinajstić information content (AvgIpc) is 3.73. The van der Waals surface area contributed by atoms with Gasteiger partial charge in [-0.2, -0.15) is 4.52 Å². The number of benzene rings is 2. The number of hydrogen-bond acceptors (Lipinski definition) is 9. The van der Waals surface area contributed by atoms with Gasteiger partial charge in [-0.25, -0.2) is 9.97 Å². The van der Waals surface area contributed by atoms with Gasteiger partial charge in [0, 0.05) is 35.9 Å². The number of rotatable bonds is 12. The molecule has 1 saturated heterocycles. The van der Waals surface area contributed by atoms with Crippen LogP contribution in [0.1, 0.15) is 29.5 Å². The van der Waals surface area contributed by atoms with Crippen LogP contribution in [0.2, 0.25) is 5.02 Å². The number of anilines is 1. The van der Waals surface area contributed by atoms with E-state index in [2.05, 4.69) is 21.6 Å². The minimum absolute atomic E-state index is 0.510. The highest BCUT2D eigenvalue weighted by atomic mass is 35.5. The molecule has 2 aromatic carbocycles. The van der Waals surface area contributed by atoms with E-state index in [4.69, 9.17) is 40.6 Å². The SMILES string of the molecule is COc1ccc(CNc2ncc(CN3CCC(NCCc4cccc(Cl)c4)CC3)c3nc(-c4ccco4)nn23)cc1OC. The molecule has 10 nitrogen and oxygen atoms in total. The van der Waals surface area contributed by atoms with Crippen LogP contribution in [0.4, 0.5) is 5.95 Å². The molecule has 0 amide bonds. The van der Waals surface area contributed by atoms with Crippen LogP contribution in [0, 0.1) is 0 Å². The van der Waals surface area contributed by atoms with E-state index in [1.807, 2.05) is 54.7 Å². The molecule has 0 aliphatic carbocycles. The highest BCUT2D eigenvalue weighted by Gasteiger charge is 2.22. The normalized spacial score (nSPS) is 14.3. The second-order valence-corrected chi connectivity index (χ2v) is 11.1. The van der Waals surface area contributed by atoms with E-state index in [9.17, 15) is 0 Å². The molecule has 0 bridgehead atoms. The van der Waals surface area contributed by atoms with Gasteiger partial charge in [0.05, 0.1) is 20.5 Å². The van der Waals surface area contributed by atoms with Crippen LogP contribution >= 0.6 is 11.6 Å². The fraction of sp³-hybridized carbons (Fsp3) is 0.344. The molecular formula is C32H36ClN7O3. The molecular weight excluding hydrogens is 566 g/mol. The van der Waals surface area contributed by atoms with E-state index in [1.165, 1.54) is 5.56 Å². The van der Waals surface area contributed by atoms with Crippen LogP contribution in [-0.4, -0.2) is 64.4 Å². The van der Waals surface area contributed by atoms with Gasteiger partial charge in [0.25, 0.3) is 0 Å². The lowest BCUT2D eigenvalue weighted by molar-refractivity contribution is 0.191. The first-order valence-electron chi connectivity index (χ1n) is 14.5. The van der Waals surface area contributed by atoms with Crippen molar-refractivity contribution < 1.29 is 13.9 Å². The first kappa shape index (κ1) is 29.0. The van der Waals surface area contributed by atoms with Crippen LogP contribution in [-0.2, 0) is 19.5 Å². The first-order valence-corrected chi connectivity index (χ1v) is 14.9. The summed E-state index contributed by atoms with van der Waals surface area (Å²) in [7, 11) is 3.26. The number of halogens is 1. The highest BCUT2D eigenvalue weighted by Crippen LogP contribution is 2.28. The van der Waals surface area contributed by atoms with Gasteiger partial charge in [0.15, 0.2) is 22.9 Å². The summed E-state index contributed by atoms with van der Waals surface area (Å²) in [4.78, 5) is 12.1. The summed E-state index contributed by atoms with van der Waals surface area (Å²) in [5.74, 6) is 3.10. The lowest BCUT2D eigenvalue weighted by Gasteiger charge is -2.32. The lowest BCUT2D eigenvalue weighted by atomic mass is 10.0. The molecule has 0 radical (unpaired) electrons. The molecule has 0 unspecified atom stereocenters. The summed E-state index contributed by atoms with van der Waals surface area (Å²) in [5, 5.41) is 12.7. The molecule has 43 heavy (non-hydrogen) atoms. The number of piperidine rings is 1. The summed E-state index contributed by atoms with van der Waals surface area (Å²) < 4.78 is 18.2. The minimum atomic E-state index is 0.510. The number of nitrogens with one attached hydrogen (secondary N) is 2. The number of furan rings is 1. The molecule has 5 aromatic rings. The monoisotopic (exact) mass is 601 g/mol. The van der Waals surface area contributed by atoms with Crippen molar-refractivity contribution in [3.8, 4) is 23.1 Å². The summed E-state index contributed by atoms with van der Waals surface area (Å²) in [6.07, 6.45) is 6.69. The lowest BCUT2D eigenvalue weighted by Crippen LogP contribution is -2.42. The maximum Gasteiger partial charge on any atom is 0.226 e. The van der Waals surface area contributed by atoms with E-state index in [-0.39, 0.29) is 0 Å². The molecule has 1 aliphatic rings. The summed E-state index contributed by atoms with van der Waals surface area (Å²) >= 11 is 6.13. The molecule has 0 atom stereocenters. The third-order valence-corrected chi connectivity index (χ3v) is 8.03. The molecule has 224 valence electrons. The molecule has 4 heterocycles. The zero-order valence-electron chi connectivity index (χ0n) is 24.4. The van der Waals surface area contributed by atoms with Gasteiger partial charge in [-0.15, -0.1) is 5.10 Å². The maximum absolute atomic E-state index is 6.13. The van der Waals surface area contributed by atoms with Crippen LogP contribution in [0.3, 0.4) is 0 Å². The van der Waals surface area contributed by atoms with Crippen molar-refractivity contribution in [2.75, 3.05) is 39.2 Å². The van der Waals surface area contributed by atoms with Crippen LogP contribution in [0.15, 0.2) is 71.5 Å². The van der Waals surface area contributed by atoms with Crippen molar-refractivity contribution in [2.45, 2.75) is 38.4 Å². The Labute approximate surface area is 256 Å². The Morgan fingerprint density at radius 2 is 1.86 bits per heavy atom. The van der Waals surface area contributed by atoms with Crippen molar-refractivity contribution in [3.05, 3.63) is 88.8 Å². The molecule has 2 N–H and O–H groups in total. The second kappa shape index (κ2) is 13.5. The molecule has 6 rings (SSSR count). The number of fused-ring (bicyclic) bond motifs is 1. The van der Waals surface area contributed by atoms with E-state index < -0.39 is 0 Å². The molecule has 3 aromatic heterocycles. The largest absolute Gasteiger partial charge is 0.493 e. The summed E-state index contributed by atoms with van der Waals surface area (Å²) in [6, 6.07) is 18.1. The van der Waals surface area contributed by atoms with Gasteiger partial charge < -0.3 is 24.5 Å². The fourth-order valence-corrected chi connectivity index (χ4v) is 5.70. The zero-order valence-corrected chi connectivity index (χ0v) is 25.2. The number of aromatic nitrogens is 4. The van der Waals surface area contributed by atoms with Gasteiger partial charge in [-0.05, 0) is 86.4 Å². The van der Waals surface area contributed by atoms with Gasteiger partial charge in [-0.3, -0.25) is 4.90 Å². The number of nitrogens with zero attached hydrogens (tertiary/aromatic N) is 5. The minimum Gasteiger partial charge on any atom is -0.493 e. The quantitative estimate of drug-likeness (QED) is 0.193. The van der Waals surface area contributed by atoms with Crippen molar-refractivity contribution in [1.29, 1.82) is 0 Å². The predicted molar refractivity (Wildman–Crippen MR) is 167 cm³/mol. The van der Waals surface area contributed by atoms with Crippen molar-refractivity contribution in [1.82, 2.24) is 29.8 Å². The Kier molecular flexibility index (Phi) is 9.07. The highest BCUT2D eigenvalue weighted by molar-refractivity contribution is 6.30. The molecule has 1 fully saturated rings. The summed E-state index contributed by atoms with van der Waals surface area (Å²) in [5.41, 5.74) is 4.07. The third kappa shape index (κ3) is 6.93. The third-order valence-electron chi connectivity index (χ3n) is 7.80. The molecule has 1 aliphatic heterocycles.